The monoisotopic (exact) mass is 408 g/mol. The molecule has 0 aliphatic carbocycles. The maximum absolute atomic E-state index is 13.0. The van der Waals surface area contributed by atoms with E-state index < -0.39 is 11.6 Å². The Balaban J connectivity index is 0.00000280. The number of halogens is 1. The molecule has 1 aliphatic rings. The fourth-order valence-electron chi connectivity index (χ4n) is 3.46. The number of aromatic nitrogens is 2. The van der Waals surface area contributed by atoms with Gasteiger partial charge in [0, 0.05) is 18.9 Å². The van der Waals surface area contributed by atoms with E-state index in [4.69, 9.17) is 4.74 Å². The number of nitrogens with one attached hydrogen (secondary N) is 2. The highest BCUT2D eigenvalue weighted by molar-refractivity contribution is 5.85. The molecule has 2 aromatic rings. The van der Waals surface area contributed by atoms with E-state index in [0.29, 0.717) is 24.2 Å². The molecule has 0 spiro atoms. The molecule has 154 valence electrons. The van der Waals surface area contributed by atoms with E-state index in [-0.39, 0.29) is 31.0 Å². The largest absolute Gasteiger partial charge is 0.491 e. The quantitative estimate of drug-likeness (QED) is 0.652. The van der Waals surface area contributed by atoms with Crippen LogP contribution in [0.3, 0.4) is 0 Å². The smallest absolute Gasteiger partial charge is 0.248 e. The molecule has 28 heavy (non-hydrogen) atoms. The van der Waals surface area contributed by atoms with Crippen molar-refractivity contribution >= 4 is 18.3 Å². The van der Waals surface area contributed by atoms with Gasteiger partial charge in [0.2, 0.25) is 5.91 Å². The van der Waals surface area contributed by atoms with Gasteiger partial charge in [-0.1, -0.05) is 12.1 Å². The van der Waals surface area contributed by atoms with Gasteiger partial charge in [-0.3, -0.25) is 9.48 Å². The highest BCUT2D eigenvalue weighted by Gasteiger charge is 2.41. The van der Waals surface area contributed by atoms with Crippen LogP contribution in [0.1, 0.15) is 38.4 Å². The number of aliphatic hydroxyl groups is 1. The topological polar surface area (TPSA) is 88.4 Å². The molecule has 0 saturated carbocycles. The van der Waals surface area contributed by atoms with E-state index >= 15 is 0 Å². The molecule has 1 atom stereocenters. The van der Waals surface area contributed by atoms with Crippen LogP contribution in [0.2, 0.25) is 0 Å². The average Bonchev–Trinajstić information content (AvgIpc) is 3.21. The molecule has 1 aromatic carbocycles. The lowest BCUT2D eigenvalue weighted by Crippen LogP contribution is -2.55. The molecule has 7 nitrogen and oxygen atoms in total. The predicted octanol–water partition coefficient (Wildman–Crippen LogP) is 2.02. The Morgan fingerprint density at radius 3 is 2.75 bits per heavy atom. The fourth-order valence-corrected chi connectivity index (χ4v) is 3.46. The van der Waals surface area contributed by atoms with Crippen molar-refractivity contribution in [1.82, 2.24) is 20.4 Å². The van der Waals surface area contributed by atoms with Gasteiger partial charge in [0.1, 0.15) is 11.3 Å². The third-order valence-electron chi connectivity index (χ3n) is 4.87. The maximum Gasteiger partial charge on any atom is 0.248 e. The molecule has 8 heteroatoms. The van der Waals surface area contributed by atoms with Crippen molar-refractivity contribution in [2.45, 2.75) is 44.4 Å². The number of carbonyl (C=O) groups is 1. The molecule has 0 radical (unpaired) electrons. The van der Waals surface area contributed by atoms with Gasteiger partial charge in [-0.15, -0.1) is 12.4 Å². The summed E-state index contributed by atoms with van der Waals surface area (Å²) in [5.74, 6) is 0.598. The summed E-state index contributed by atoms with van der Waals surface area (Å²) in [4.78, 5) is 13.0. The molecular weight excluding hydrogens is 380 g/mol. The second kappa shape index (κ2) is 9.91. The Morgan fingerprint density at radius 1 is 1.36 bits per heavy atom. The first-order valence-corrected chi connectivity index (χ1v) is 9.45. The molecular formula is C20H29ClN4O3. The lowest BCUT2D eigenvalue weighted by molar-refractivity contribution is -0.132. The van der Waals surface area contributed by atoms with E-state index in [9.17, 15) is 9.90 Å². The number of carbonyl (C=O) groups excluding carboxylic acids is 1. The van der Waals surface area contributed by atoms with E-state index in [1.807, 2.05) is 50.4 Å². The molecule has 0 bridgehead atoms. The normalized spacial score (nSPS) is 16.9. The molecule has 2 heterocycles. The molecule has 1 amide bonds. The van der Waals surface area contributed by atoms with Crippen molar-refractivity contribution in [2.24, 2.45) is 0 Å². The summed E-state index contributed by atoms with van der Waals surface area (Å²) in [7, 11) is 0. The van der Waals surface area contributed by atoms with Gasteiger partial charge in [-0.2, -0.15) is 5.10 Å². The zero-order chi connectivity index (χ0) is 19.3. The number of amides is 1. The standard InChI is InChI=1S/C20H28N4O3.ClH/c1-15(2)27-17-6-3-5-16(13-17)18(25)14-22-19(26)20(7-10-21-11-8-20)24-12-4-9-23-24;/h3-6,9,12-13,15,18,21,25H,7-8,10-11,14H2,1-2H3,(H,22,26);1H. The summed E-state index contributed by atoms with van der Waals surface area (Å²) < 4.78 is 7.42. The molecule has 3 N–H and O–H groups in total. The molecule has 1 saturated heterocycles. The van der Waals surface area contributed by atoms with E-state index in [2.05, 4.69) is 15.7 Å². The Labute approximate surface area is 171 Å². The van der Waals surface area contributed by atoms with Crippen molar-refractivity contribution in [3.05, 3.63) is 48.3 Å². The van der Waals surface area contributed by atoms with Crippen molar-refractivity contribution in [3.63, 3.8) is 0 Å². The summed E-state index contributed by atoms with van der Waals surface area (Å²) in [6.07, 6.45) is 4.09. The van der Waals surface area contributed by atoms with Crippen molar-refractivity contribution in [1.29, 1.82) is 0 Å². The number of hydrogen-bond donors (Lipinski definition) is 3. The van der Waals surface area contributed by atoms with E-state index in [0.717, 1.165) is 13.1 Å². The predicted molar refractivity (Wildman–Crippen MR) is 110 cm³/mol. The maximum atomic E-state index is 13.0. The molecule has 1 fully saturated rings. The average molecular weight is 409 g/mol. The second-order valence-corrected chi connectivity index (χ2v) is 7.20. The SMILES string of the molecule is CC(C)Oc1cccc(C(O)CNC(=O)C2(n3cccn3)CCNCC2)c1.Cl. The first-order valence-electron chi connectivity index (χ1n) is 9.45. The number of hydrogen-bond acceptors (Lipinski definition) is 5. The number of benzene rings is 1. The minimum atomic E-state index is -0.805. The van der Waals surface area contributed by atoms with Crippen LogP contribution in [-0.4, -0.2) is 46.5 Å². The highest BCUT2D eigenvalue weighted by atomic mass is 35.5. The summed E-state index contributed by atoms with van der Waals surface area (Å²) in [5.41, 5.74) is 0.00348. The van der Waals surface area contributed by atoms with Crippen molar-refractivity contribution in [3.8, 4) is 5.75 Å². The van der Waals surface area contributed by atoms with Gasteiger partial charge in [0.15, 0.2) is 0 Å². The van der Waals surface area contributed by atoms with Gasteiger partial charge >= 0.3 is 0 Å². The Kier molecular flexibility index (Phi) is 7.86. The van der Waals surface area contributed by atoms with Gasteiger partial charge < -0.3 is 20.5 Å². The lowest BCUT2D eigenvalue weighted by atomic mass is 9.87. The summed E-state index contributed by atoms with van der Waals surface area (Å²) >= 11 is 0. The number of rotatable bonds is 7. The van der Waals surface area contributed by atoms with E-state index in [1.54, 1.807) is 10.9 Å². The third-order valence-corrected chi connectivity index (χ3v) is 4.87. The molecule has 1 aromatic heterocycles. The first kappa shape index (κ1) is 22.2. The van der Waals surface area contributed by atoms with Crippen LogP contribution in [-0.2, 0) is 10.3 Å². The zero-order valence-corrected chi connectivity index (χ0v) is 17.1. The van der Waals surface area contributed by atoms with Gasteiger partial charge in [-0.05, 0) is 63.5 Å². The van der Waals surface area contributed by atoms with E-state index in [1.165, 1.54) is 0 Å². The van der Waals surface area contributed by atoms with Gasteiger partial charge in [0.05, 0.1) is 12.2 Å². The van der Waals surface area contributed by atoms with Crippen molar-refractivity contribution in [2.75, 3.05) is 19.6 Å². The summed E-state index contributed by atoms with van der Waals surface area (Å²) in [6, 6.07) is 9.17. The minimum absolute atomic E-state index is 0. The van der Waals surface area contributed by atoms with Crippen LogP contribution in [0.4, 0.5) is 0 Å². The fraction of sp³-hybridized carbons (Fsp3) is 0.500. The Hall–Kier alpha value is -2.09. The van der Waals surface area contributed by atoms with Gasteiger partial charge in [0.25, 0.3) is 0 Å². The number of aliphatic hydroxyl groups excluding tert-OH is 1. The second-order valence-electron chi connectivity index (χ2n) is 7.20. The third kappa shape index (κ3) is 5.04. The Bertz CT molecular complexity index is 746. The lowest BCUT2D eigenvalue weighted by Gasteiger charge is -2.36. The number of piperidine rings is 1. The number of nitrogens with zero attached hydrogens (tertiary/aromatic N) is 2. The van der Waals surface area contributed by atoms with Crippen LogP contribution in [0.5, 0.6) is 5.75 Å². The molecule has 3 rings (SSSR count). The van der Waals surface area contributed by atoms with Crippen LogP contribution < -0.4 is 15.4 Å². The Morgan fingerprint density at radius 2 is 2.11 bits per heavy atom. The van der Waals surface area contributed by atoms with Crippen LogP contribution in [0.25, 0.3) is 0 Å². The van der Waals surface area contributed by atoms with Crippen molar-refractivity contribution < 1.29 is 14.6 Å². The molecule has 1 unspecified atom stereocenters. The van der Waals surface area contributed by atoms with Crippen LogP contribution in [0.15, 0.2) is 42.7 Å². The number of ether oxygens (including phenoxy) is 1. The highest BCUT2D eigenvalue weighted by Crippen LogP contribution is 2.27. The first-order chi connectivity index (χ1) is 13.0. The van der Waals surface area contributed by atoms with Gasteiger partial charge in [-0.25, -0.2) is 0 Å². The summed E-state index contributed by atoms with van der Waals surface area (Å²) in [6.45, 7) is 5.56. The zero-order valence-electron chi connectivity index (χ0n) is 16.3. The minimum Gasteiger partial charge on any atom is -0.491 e. The molecule has 1 aliphatic heterocycles. The summed E-state index contributed by atoms with van der Waals surface area (Å²) in [5, 5.41) is 21.0. The van der Waals surface area contributed by atoms with Crippen LogP contribution >= 0.6 is 12.4 Å². The van der Waals surface area contributed by atoms with Crippen LogP contribution in [0, 0.1) is 0 Å².